The second-order valence-corrected chi connectivity index (χ2v) is 11.9. The summed E-state index contributed by atoms with van der Waals surface area (Å²) in [5.74, 6) is -3.07. The monoisotopic (exact) mass is 540 g/mol. The Hall–Kier alpha value is -3.17. The average Bonchev–Trinajstić information content (AvgIpc) is 3.38. The van der Waals surface area contributed by atoms with Crippen LogP contribution in [0.25, 0.3) is 0 Å². The third-order valence-corrected chi connectivity index (χ3v) is 9.91. The van der Waals surface area contributed by atoms with Gasteiger partial charge in [-0.05, 0) is 37.0 Å². The van der Waals surface area contributed by atoms with Crippen LogP contribution in [0.3, 0.4) is 0 Å². The number of esters is 3. The van der Waals surface area contributed by atoms with E-state index < -0.39 is 70.4 Å². The van der Waals surface area contributed by atoms with Crippen molar-refractivity contribution in [2.24, 2.45) is 22.7 Å². The molecule has 3 aliphatic rings. The van der Waals surface area contributed by atoms with E-state index in [0.29, 0.717) is 36.1 Å². The Balaban J connectivity index is 1.61. The van der Waals surface area contributed by atoms with Gasteiger partial charge in [-0.25, -0.2) is 4.79 Å². The van der Waals surface area contributed by atoms with Gasteiger partial charge in [-0.15, -0.1) is 0 Å². The summed E-state index contributed by atoms with van der Waals surface area (Å²) in [6, 6.07) is 10.3. The SMILES string of the molecule is COC(=O)[C@@H]1c2ccoc2C[C@H]2[C@H]1[C@@H](OC(C)=O)[C@@H](O)[C@@]1(O)C(C)(C)[C@@H](OC(=O)c3ccccc3)CC[C@]21C. The quantitative estimate of drug-likeness (QED) is 0.442. The number of furan rings is 1. The Morgan fingerprint density at radius 2 is 1.74 bits per heavy atom. The van der Waals surface area contributed by atoms with Crippen LogP contribution in [0.2, 0.25) is 0 Å². The fourth-order valence-corrected chi connectivity index (χ4v) is 7.96. The molecular weight excluding hydrogens is 504 g/mol. The summed E-state index contributed by atoms with van der Waals surface area (Å²) in [5.41, 5.74) is -2.99. The topological polar surface area (TPSA) is 133 Å². The second-order valence-electron chi connectivity index (χ2n) is 11.9. The Labute approximate surface area is 227 Å². The zero-order valence-electron chi connectivity index (χ0n) is 22.9. The van der Waals surface area contributed by atoms with Gasteiger partial charge in [0.25, 0.3) is 0 Å². The lowest BCUT2D eigenvalue weighted by atomic mass is 9.39. The fourth-order valence-electron chi connectivity index (χ4n) is 7.96. The Bertz CT molecular complexity index is 1270. The number of hydrogen-bond donors (Lipinski definition) is 2. The van der Waals surface area contributed by atoms with Gasteiger partial charge in [-0.2, -0.15) is 0 Å². The standard InChI is InChI=1S/C30H36O9/c1-16(31)38-24-23-19(15-20-18(12-14-37-20)22(23)27(34)36-5)29(4)13-11-21(28(2,3)30(29,35)25(24)32)39-26(33)17-9-7-6-8-10-17/h6-10,12,14,19,21-25,32,35H,11,13,15H2,1-5H3/t19-,21-,22+,23+,24+,25+,29+,30+/m0/s1. The van der Waals surface area contributed by atoms with E-state index in [1.165, 1.54) is 20.3 Å². The van der Waals surface area contributed by atoms with Crippen LogP contribution in [0.5, 0.6) is 0 Å². The number of methoxy groups -OCH3 is 1. The second kappa shape index (κ2) is 9.48. The molecule has 3 aliphatic carbocycles. The molecule has 1 aromatic heterocycles. The van der Waals surface area contributed by atoms with Gasteiger partial charge in [0.1, 0.15) is 29.7 Å². The first-order chi connectivity index (χ1) is 18.4. The molecule has 2 N–H and O–H groups in total. The lowest BCUT2D eigenvalue weighted by molar-refractivity contribution is -0.330. The normalized spacial score (nSPS) is 36.5. The van der Waals surface area contributed by atoms with Crippen LogP contribution >= 0.6 is 0 Å². The van der Waals surface area contributed by atoms with Crippen LogP contribution < -0.4 is 0 Å². The number of fused-ring (bicyclic) bond motifs is 4. The van der Waals surface area contributed by atoms with Crippen LogP contribution in [0.1, 0.15) is 68.1 Å². The third-order valence-electron chi connectivity index (χ3n) is 9.91. The van der Waals surface area contributed by atoms with E-state index in [4.69, 9.17) is 18.6 Å². The Morgan fingerprint density at radius 1 is 1.05 bits per heavy atom. The van der Waals surface area contributed by atoms with Crippen molar-refractivity contribution in [2.45, 2.75) is 76.8 Å². The highest BCUT2D eigenvalue weighted by Crippen LogP contribution is 2.67. The molecule has 0 aliphatic heterocycles. The number of aliphatic hydroxyl groups excluding tert-OH is 1. The maximum absolute atomic E-state index is 13.2. The van der Waals surface area contributed by atoms with Gasteiger partial charge in [-0.1, -0.05) is 39.0 Å². The van der Waals surface area contributed by atoms with E-state index in [1.54, 1.807) is 50.2 Å². The van der Waals surface area contributed by atoms with Gasteiger partial charge in [0, 0.05) is 35.7 Å². The summed E-state index contributed by atoms with van der Waals surface area (Å²) in [4.78, 5) is 38.5. The first kappa shape index (κ1) is 27.4. The smallest absolute Gasteiger partial charge is 0.338 e. The van der Waals surface area contributed by atoms with Gasteiger partial charge >= 0.3 is 17.9 Å². The maximum atomic E-state index is 13.2. The molecule has 9 heteroatoms. The van der Waals surface area contributed by atoms with E-state index in [1.807, 2.05) is 6.92 Å². The molecule has 0 bridgehead atoms. The maximum Gasteiger partial charge on any atom is 0.338 e. The highest BCUT2D eigenvalue weighted by Gasteiger charge is 2.75. The third kappa shape index (κ3) is 3.84. The molecule has 5 rings (SSSR count). The summed E-state index contributed by atoms with van der Waals surface area (Å²) in [5, 5.41) is 24.7. The van der Waals surface area contributed by atoms with Gasteiger partial charge in [0.05, 0.1) is 24.9 Å². The minimum absolute atomic E-state index is 0.369. The zero-order valence-corrected chi connectivity index (χ0v) is 22.9. The summed E-state index contributed by atoms with van der Waals surface area (Å²) >= 11 is 0. The zero-order chi connectivity index (χ0) is 28.3. The van der Waals surface area contributed by atoms with Crippen LogP contribution in [-0.4, -0.2) is 59.1 Å². The summed E-state index contributed by atoms with van der Waals surface area (Å²) in [7, 11) is 1.29. The minimum Gasteiger partial charge on any atom is -0.469 e. The summed E-state index contributed by atoms with van der Waals surface area (Å²) in [6.07, 6.45) is -0.864. The fraction of sp³-hybridized carbons (Fsp3) is 0.567. The molecule has 0 spiro atoms. The molecule has 8 atom stereocenters. The molecule has 1 heterocycles. The number of benzene rings is 1. The number of carbonyl (C=O) groups excluding carboxylic acids is 3. The Morgan fingerprint density at radius 3 is 2.38 bits per heavy atom. The van der Waals surface area contributed by atoms with E-state index in [0.717, 1.165) is 0 Å². The van der Waals surface area contributed by atoms with E-state index in [2.05, 4.69) is 0 Å². The van der Waals surface area contributed by atoms with Crippen molar-refractivity contribution in [3.63, 3.8) is 0 Å². The van der Waals surface area contributed by atoms with Crippen LogP contribution in [0.15, 0.2) is 47.1 Å². The molecule has 0 unspecified atom stereocenters. The number of carbonyl (C=O) groups is 3. The molecule has 0 amide bonds. The van der Waals surface area contributed by atoms with Crippen molar-refractivity contribution in [1.82, 2.24) is 0 Å². The average molecular weight is 541 g/mol. The van der Waals surface area contributed by atoms with E-state index in [-0.39, 0.29) is 0 Å². The molecule has 2 saturated carbocycles. The van der Waals surface area contributed by atoms with Crippen molar-refractivity contribution in [2.75, 3.05) is 7.11 Å². The summed E-state index contributed by atoms with van der Waals surface area (Å²) in [6.45, 7) is 6.66. The molecule has 210 valence electrons. The molecule has 9 nitrogen and oxygen atoms in total. The number of rotatable bonds is 4. The summed E-state index contributed by atoms with van der Waals surface area (Å²) < 4.78 is 22.6. The van der Waals surface area contributed by atoms with E-state index >= 15 is 0 Å². The predicted molar refractivity (Wildman–Crippen MR) is 137 cm³/mol. The molecule has 1 aromatic carbocycles. The van der Waals surface area contributed by atoms with Gasteiger partial charge < -0.3 is 28.8 Å². The Kier molecular flexibility index (Phi) is 6.66. The number of hydrogen-bond acceptors (Lipinski definition) is 9. The van der Waals surface area contributed by atoms with Crippen molar-refractivity contribution >= 4 is 17.9 Å². The molecule has 39 heavy (non-hydrogen) atoms. The van der Waals surface area contributed by atoms with Crippen LogP contribution in [0, 0.1) is 22.7 Å². The van der Waals surface area contributed by atoms with Crippen molar-refractivity contribution in [1.29, 1.82) is 0 Å². The highest BCUT2D eigenvalue weighted by molar-refractivity contribution is 5.89. The van der Waals surface area contributed by atoms with Crippen LogP contribution in [0.4, 0.5) is 0 Å². The first-order valence-corrected chi connectivity index (χ1v) is 13.4. The lowest BCUT2D eigenvalue weighted by Gasteiger charge is -2.69. The molecule has 0 radical (unpaired) electrons. The predicted octanol–water partition coefficient (Wildman–Crippen LogP) is 3.41. The van der Waals surface area contributed by atoms with Gasteiger partial charge in [-0.3, -0.25) is 9.59 Å². The number of ether oxygens (including phenoxy) is 3. The van der Waals surface area contributed by atoms with E-state index in [9.17, 15) is 24.6 Å². The van der Waals surface area contributed by atoms with Gasteiger partial charge in [0.2, 0.25) is 0 Å². The van der Waals surface area contributed by atoms with Crippen LogP contribution in [-0.2, 0) is 30.2 Å². The largest absolute Gasteiger partial charge is 0.469 e. The van der Waals surface area contributed by atoms with Crippen molar-refractivity contribution in [3.8, 4) is 0 Å². The number of aliphatic hydroxyl groups is 2. The van der Waals surface area contributed by atoms with Crippen molar-refractivity contribution in [3.05, 3.63) is 59.5 Å². The molecular formula is C30H36O9. The van der Waals surface area contributed by atoms with Gasteiger partial charge in [0.15, 0.2) is 0 Å². The highest BCUT2D eigenvalue weighted by atomic mass is 16.6. The minimum atomic E-state index is -1.87. The first-order valence-electron chi connectivity index (χ1n) is 13.4. The molecule has 2 fully saturated rings. The lowest BCUT2D eigenvalue weighted by Crippen LogP contribution is -2.79. The molecule has 2 aromatic rings. The van der Waals surface area contributed by atoms with Crippen molar-refractivity contribution < 1.29 is 43.2 Å². The molecule has 0 saturated heterocycles.